The summed E-state index contributed by atoms with van der Waals surface area (Å²) in [5, 5.41) is 7.74. The molecule has 0 heterocycles. The number of nitrogens with zero attached hydrogens (tertiary/aromatic N) is 1. The van der Waals surface area contributed by atoms with Crippen LogP contribution in [0.25, 0.3) is 0 Å². The maximum Gasteiger partial charge on any atom is 0.407 e. The summed E-state index contributed by atoms with van der Waals surface area (Å²) in [6, 6.07) is 0.216. The number of rotatable bonds is 3. The van der Waals surface area contributed by atoms with Gasteiger partial charge in [0, 0.05) is 12.0 Å². The summed E-state index contributed by atoms with van der Waals surface area (Å²) in [6.45, 7) is 3.69. The highest BCUT2D eigenvalue weighted by Gasteiger charge is 2.25. The SMILES string of the molecule is CS/C(=N\N)C1CCC(NC(=O)OC(C)C)CC1. The Kier molecular flexibility index (Phi) is 6.32. The van der Waals surface area contributed by atoms with Crippen LogP contribution in [0.3, 0.4) is 0 Å². The Morgan fingerprint density at radius 3 is 2.44 bits per heavy atom. The average molecular weight is 273 g/mol. The molecule has 1 saturated carbocycles. The van der Waals surface area contributed by atoms with Crippen LogP contribution in [0.1, 0.15) is 39.5 Å². The zero-order valence-electron chi connectivity index (χ0n) is 11.3. The molecule has 0 aromatic carbocycles. The normalized spacial score (nSPS) is 25.0. The van der Waals surface area contributed by atoms with Crippen LogP contribution in [0.15, 0.2) is 5.10 Å². The van der Waals surface area contributed by atoms with Gasteiger partial charge in [-0.05, 0) is 45.8 Å². The predicted molar refractivity (Wildman–Crippen MR) is 75.6 cm³/mol. The van der Waals surface area contributed by atoms with E-state index in [4.69, 9.17) is 10.6 Å². The fourth-order valence-electron chi connectivity index (χ4n) is 2.22. The van der Waals surface area contributed by atoms with E-state index in [1.165, 1.54) is 0 Å². The molecule has 6 heteroatoms. The Bertz CT molecular complexity index is 300. The first-order valence-corrected chi connectivity index (χ1v) is 7.58. The molecule has 1 fully saturated rings. The molecule has 0 aliphatic heterocycles. The second-order valence-corrected chi connectivity index (χ2v) is 5.64. The molecule has 0 aromatic rings. The van der Waals surface area contributed by atoms with Crippen molar-refractivity contribution in [3.05, 3.63) is 0 Å². The van der Waals surface area contributed by atoms with Crippen molar-refractivity contribution >= 4 is 22.9 Å². The first kappa shape index (κ1) is 15.1. The first-order chi connectivity index (χ1) is 8.56. The minimum absolute atomic E-state index is 0.0752. The van der Waals surface area contributed by atoms with E-state index in [9.17, 15) is 4.79 Å². The molecule has 0 spiro atoms. The number of carbonyl (C=O) groups excluding carboxylic acids is 1. The highest BCUT2D eigenvalue weighted by atomic mass is 32.2. The van der Waals surface area contributed by atoms with E-state index < -0.39 is 0 Å². The van der Waals surface area contributed by atoms with E-state index in [1.807, 2.05) is 20.1 Å². The summed E-state index contributed by atoms with van der Waals surface area (Å²) in [7, 11) is 0. The Balaban J connectivity index is 2.33. The Labute approximate surface area is 113 Å². The van der Waals surface area contributed by atoms with E-state index in [2.05, 4.69) is 10.4 Å². The van der Waals surface area contributed by atoms with Gasteiger partial charge < -0.3 is 15.9 Å². The molecular formula is C12H23N3O2S. The second kappa shape index (κ2) is 7.51. The molecule has 1 aliphatic carbocycles. The van der Waals surface area contributed by atoms with E-state index >= 15 is 0 Å². The van der Waals surface area contributed by atoms with Gasteiger partial charge in [-0.15, -0.1) is 11.8 Å². The van der Waals surface area contributed by atoms with Crippen molar-refractivity contribution in [3.63, 3.8) is 0 Å². The van der Waals surface area contributed by atoms with E-state index in [0.717, 1.165) is 30.7 Å². The number of hydrogen-bond donors (Lipinski definition) is 2. The number of amides is 1. The molecule has 1 rings (SSSR count). The number of nitrogens with one attached hydrogen (secondary N) is 1. The number of thioether (sulfide) groups is 1. The minimum Gasteiger partial charge on any atom is -0.447 e. The summed E-state index contributed by atoms with van der Waals surface area (Å²) >= 11 is 1.61. The van der Waals surface area contributed by atoms with Crippen molar-refractivity contribution in [3.8, 4) is 0 Å². The van der Waals surface area contributed by atoms with E-state index in [0.29, 0.717) is 5.92 Å². The zero-order chi connectivity index (χ0) is 13.5. The summed E-state index contributed by atoms with van der Waals surface area (Å²) < 4.78 is 5.07. The first-order valence-electron chi connectivity index (χ1n) is 6.35. The highest BCUT2D eigenvalue weighted by molar-refractivity contribution is 8.13. The third-order valence-corrected chi connectivity index (χ3v) is 3.93. The zero-order valence-corrected chi connectivity index (χ0v) is 12.1. The smallest absolute Gasteiger partial charge is 0.407 e. The van der Waals surface area contributed by atoms with Gasteiger partial charge in [-0.25, -0.2) is 4.79 Å². The number of ether oxygens (including phenoxy) is 1. The van der Waals surface area contributed by atoms with Crippen LogP contribution in [0.5, 0.6) is 0 Å². The van der Waals surface area contributed by atoms with Crippen LogP contribution >= 0.6 is 11.8 Å². The van der Waals surface area contributed by atoms with Crippen molar-refractivity contribution < 1.29 is 9.53 Å². The molecule has 0 radical (unpaired) electrons. The van der Waals surface area contributed by atoms with Crippen molar-refractivity contribution in [2.75, 3.05) is 6.26 Å². The molecule has 1 amide bonds. The number of hydrazone groups is 1. The summed E-state index contributed by atoms with van der Waals surface area (Å²) in [5.41, 5.74) is 0. The molecule has 0 aromatic heterocycles. The van der Waals surface area contributed by atoms with Crippen molar-refractivity contribution in [2.45, 2.75) is 51.7 Å². The molecule has 1 aliphatic rings. The third kappa shape index (κ3) is 4.76. The molecule has 0 unspecified atom stereocenters. The minimum atomic E-state index is -0.314. The van der Waals surface area contributed by atoms with Crippen molar-refractivity contribution in [1.29, 1.82) is 0 Å². The molecule has 0 saturated heterocycles. The van der Waals surface area contributed by atoms with Crippen LogP contribution in [0.4, 0.5) is 4.79 Å². The van der Waals surface area contributed by atoms with Crippen LogP contribution in [0.2, 0.25) is 0 Å². The Hall–Kier alpha value is -0.910. The predicted octanol–water partition coefficient (Wildman–Crippen LogP) is 2.32. The Morgan fingerprint density at radius 2 is 2.00 bits per heavy atom. The fourth-order valence-corrected chi connectivity index (χ4v) is 2.90. The average Bonchev–Trinajstić information content (AvgIpc) is 2.31. The van der Waals surface area contributed by atoms with Crippen LogP contribution in [-0.2, 0) is 4.74 Å². The van der Waals surface area contributed by atoms with Gasteiger partial charge in [0.15, 0.2) is 0 Å². The monoisotopic (exact) mass is 273 g/mol. The molecular weight excluding hydrogens is 250 g/mol. The lowest BCUT2D eigenvalue weighted by Crippen LogP contribution is -2.39. The van der Waals surface area contributed by atoms with Crippen LogP contribution < -0.4 is 11.2 Å². The Morgan fingerprint density at radius 1 is 1.39 bits per heavy atom. The fraction of sp³-hybridized carbons (Fsp3) is 0.833. The van der Waals surface area contributed by atoms with Crippen molar-refractivity contribution in [2.24, 2.45) is 16.9 Å². The maximum absolute atomic E-state index is 11.5. The summed E-state index contributed by atoms with van der Waals surface area (Å²) in [6.07, 6.45) is 5.55. The quantitative estimate of drug-likeness (QED) is 0.358. The number of hydrogen-bond acceptors (Lipinski definition) is 5. The third-order valence-electron chi connectivity index (χ3n) is 3.08. The largest absolute Gasteiger partial charge is 0.447 e. The standard InChI is InChI=1S/C12H23N3O2S/c1-8(2)17-12(16)14-10-6-4-9(5-7-10)11(15-13)18-3/h8-10H,4-7,13H2,1-3H3,(H,14,16)/b15-11-. The van der Waals surface area contributed by atoms with E-state index in [1.54, 1.807) is 11.8 Å². The highest BCUT2D eigenvalue weighted by Crippen LogP contribution is 2.28. The van der Waals surface area contributed by atoms with E-state index in [-0.39, 0.29) is 18.2 Å². The van der Waals surface area contributed by atoms with Gasteiger partial charge in [-0.1, -0.05) is 0 Å². The van der Waals surface area contributed by atoms with Crippen LogP contribution in [-0.4, -0.2) is 29.5 Å². The van der Waals surface area contributed by atoms with Gasteiger partial charge >= 0.3 is 6.09 Å². The van der Waals surface area contributed by atoms with Gasteiger partial charge in [0.1, 0.15) is 0 Å². The number of alkyl carbamates (subject to hydrolysis) is 1. The van der Waals surface area contributed by atoms with Crippen molar-refractivity contribution in [1.82, 2.24) is 5.32 Å². The second-order valence-electron chi connectivity index (χ2n) is 4.82. The summed E-state index contributed by atoms with van der Waals surface area (Å²) in [4.78, 5) is 11.5. The van der Waals surface area contributed by atoms with Gasteiger partial charge in [-0.3, -0.25) is 0 Å². The maximum atomic E-state index is 11.5. The van der Waals surface area contributed by atoms with Gasteiger partial charge in [0.25, 0.3) is 0 Å². The van der Waals surface area contributed by atoms with Crippen LogP contribution in [0, 0.1) is 5.92 Å². The number of nitrogens with two attached hydrogens (primary N) is 1. The molecule has 5 nitrogen and oxygen atoms in total. The topological polar surface area (TPSA) is 76.7 Å². The lowest BCUT2D eigenvalue weighted by Gasteiger charge is -2.29. The van der Waals surface area contributed by atoms with Gasteiger partial charge in [0.2, 0.25) is 0 Å². The lowest BCUT2D eigenvalue weighted by molar-refractivity contribution is 0.109. The van der Waals surface area contributed by atoms with Gasteiger partial charge in [0.05, 0.1) is 11.1 Å². The summed E-state index contributed by atoms with van der Waals surface area (Å²) in [5.74, 6) is 5.81. The number of carbonyl (C=O) groups is 1. The lowest BCUT2D eigenvalue weighted by atomic mass is 9.87. The molecule has 3 N–H and O–H groups in total. The molecule has 0 bridgehead atoms. The molecule has 0 atom stereocenters. The molecule has 104 valence electrons. The molecule has 18 heavy (non-hydrogen) atoms. The van der Waals surface area contributed by atoms with Gasteiger partial charge in [-0.2, -0.15) is 5.10 Å².